The predicted molar refractivity (Wildman–Crippen MR) is 166 cm³/mol. The Hall–Kier alpha value is -4.58. The summed E-state index contributed by atoms with van der Waals surface area (Å²) in [5, 5.41) is 28.0. The third-order valence-electron chi connectivity index (χ3n) is 7.31. The van der Waals surface area contributed by atoms with Crippen molar-refractivity contribution in [2.45, 2.75) is 45.2 Å². The van der Waals surface area contributed by atoms with E-state index in [1.54, 1.807) is 24.3 Å². The summed E-state index contributed by atoms with van der Waals surface area (Å²) in [6.45, 7) is 13.6. The second-order valence-electron chi connectivity index (χ2n) is 10.6. The fraction of sp³-hybridized carbons (Fsp3) is 0.257. The zero-order chi connectivity index (χ0) is 29.2. The molecule has 1 aliphatic carbocycles. The molecule has 3 aromatic carbocycles. The molecule has 0 saturated heterocycles. The maximum absolute atomic E-state index is 10.6. The van der Waals surface area contributed by atoms with Crippen molar-refractivity contribution < 1.29 is 19.7 Å². The van der Waals surface area contributed by atoms with E-state index in [2.05, 4.69) is 43.7 Å². The third kappa shape index (κ3) is 7.76. The fourth-order valence-electron chi connectivity index (χ4n) is 4.68. The standard InChI is InChI=1S/C35H40N2O4/c1-5-19-40-31-13-9-29(10-14-31)36-23-25-21-27(7-17-33(25)38)35(3,4)28-8-18-34(39)26(22-28)24-37-30-11-15-32(16-12-30)41-20-6-2/h5-11,13-15,17-18,21-22,36-39H,1-2,12,16,19-20,23-24H2,3-4H3. The van der Waals surface area contributed by atoms with Crippen LogP contribution in [0.25, 0.3) is 0 Å². The predicted octanol–water partition coefficient (Wildman–Crippen LogP) is 7.45. The molecule has 0 fully saturated rings. The Morgan fingerprint density at radius 3 is 1.90 bits per heavy atom. The zero-order valence-electron chi connectivity index (χ0n) is 24.0. The SMILES string of the molecule is C=CCOC1=CC=C(NCc2cc(C(C)(C)c3ccc(O)c(CNc4ccc(OCC=C)cc4)c3)ccc2O)CC1. The molecule has 0 bridgehead atoms. The quantitative estimate of drug-likeness (QED) is 0.156. The summed E-state index contributed by atoms with van der Waals surface area (Å²) in [6.07, 6.45) is 9.16. The Bertz CT molecular complexity index is 1420. The van der Waals surface area contributed by atoms with Gasteiger partial charge in [-0.05, 0) is 78.2 Å². The van der Waals surface area contributed by atoms with Crippen molar-refractivity contribution in [1.29, 1.82) is 0 Å². The number of aromatic hydroxyl groups is 2. The van der Waals surface area contributed by atoms with Gasteiger partial charge in [-0.15, -0.1) is 0 Å². The van der Waals surface area contributed by atoms with Crippen LogP contribution in [0, 0.1) is 0 Å². The number of phenols is 2. The lowest BCUT2D eigenvalue weighted by molar-refractivity contribution is 0.234. The van der Waals surface area contributed by atoms with Gasteiger partial charge in [0.2, 0.25) is 0 Å². The van der Waals surface area contributed by atoms with Gasteiger partial charge in [-0.25, -0.2) is 0 Å². The van der Waals surface area contributed by atoms with Crippen molar-refractivity contribution in [2.75, 3.05) is 18.5 Å². The molecule has 0 aliphatic heterocycles. The minimum atomic E-state index is -0.362. The molecule has 0 unspecified atom stereocenters. The van der Waals surface area contributed by atoms with Gasteiger partial charge in [0.1, 0.15) is 30.5 Å². The number of hydrogen-bond donors (Lipinski definition) is 4. The van der Waals surface area contributed by atoms with Crippen LogP contribution < -0.4 is 15.4 Å². The summed E-state index contributed by atoms with van der Waals surface area (Å²) in [4.78, 5) is 0. The number of anilines is 1. The number of ether oxygens (including phenoxy) is 2. The van der Waals surface area contributed by atoms with E-state index >= 15 is 0 Å². The summed E-state index contributed by atoms with van der Waals surface area (Å²) >= 11 is 0. The molecule has 3 aromatic rings. The summed E-state index contributed by atoms with van der Waals surface area (Å²) in [5.74, 6) is 2.24. The van der Waals surface area contributed by atoms with Crippen molar-refractivity contribution >= 4 is 5.69 Å². The normalized spacial score (nSPS) is 13.0. The molecule has 1 aliphatic rings. The van der Waals surface area contributed by atoms with Crippen molar-refractivity contribution in [3.8, 4) is 17.2 Å². The number of allylic oxidation sites excluding steroid dienone is 4. The highest BCUT2D eigenvalue weighted by Crippen LogP contribution is 2.36. The monoisotopic (exact) mass is 552 g/mol. The smallest absolute Gasteiger partial charge is 0.120 e. The van der Waals surface area contributed by atoms with Crippen LogP contribution in [0.4, 0.5) is 5.69 Å². The largest absolute Gasteiger partial charge is 0.508 e. The highest BCUT2D eigenvalue weighted by atomic mass is 16.5. The Labute approximate surface area is 243 Å². The average Bonchev–Trinajstić information content (AvgIpc) is 2.99. The topological polar surface area (TPSA) is 83.0 Å². The lowest BCUT2D eigenvalue weighted by Gasteiger charge is -2.28. The van der Waals surface area contributed by atoms with Gasteiger partial charge in [0.05, 0.1) is 5.76 Å². The van der Waals surface area contributed by atoms with Gasteiger partial charge >= 0.3 is 0 Å². The van der Waals surface area contributed by atoms with Crippen LogP contribution in [0.3, 0.4) is 0 Å². The van der Waals surface area contributed by atoms with Crippen LogP contribution >= 0.6 is 0 Å². The molecule has 0 spiro atoms. The van der Waals surface area contributed by atoms with Crippen LogP contribution in [-0.2, 0) is 23.2 Å². The first kappa shape index (κ1) is 29.4. The Kier molecular flexibility index (Phi) is 9.80. The van der Waals surface area contributed by atoms with E-state index < -0.39 is 0 Å². The molecule has 0 heterocycles. The molecule has 0 amide bonds. The molecule has 41 heavy (non-hydrogen) atoms. The van der Waals surface area contributed by atoms with E-state index in [0.29, 0.717) is 26.3 Å². The minimum Gasteiger partial charge on any atom is -0.508 e. The second kappa shape index (κ2) is 13.7. The van der Waals surface area contributed by atoms with Gasteiger partial charge < -0.3 is 30.3 Å². The Balaban J connectivity index is 1.45. The number of nitrogens with one attached hydrogen (secondary N) is 2. The van der Waals surface area contributed by atoms with Crippen LogP contribution in [0.1, 0.15) is 48.9 Å². The summed E-state index contributed by atoms with van der Waals surface area (Å²) in [7, 11) is 0. The van der Waals surface area contributed by atoms with Crippen molar-refractivity contribution in [2.24, 2.45) is 0 Å². The number of phenolic OH excluding ortho intramolecular Hbond substituents is 2. The first-order valence-electron chi connectivity index (χ1n) is 13.9. The van der Waals surface area contributed by atoms with Crippen LogP contribution in [0.5, 0.6) is 17.2 Å². The lowest BCUT2D eigenvalue weighted by atomic mass is 9.77. The van der Waals surface area contributed by atoms with E-state index in [-0.39, 0.29) is 16.9 Å². The highest BCUT2D eigenvalue weighted by Gasteiger charge is 2.25. The van der Waals surface area contributed by atoms with Gasteiger partial charge in [0.15, 0.2) is 0 Å². The van der Waals surface area contributed by atoms with E-state index in [9.17, 15) is 10.2 Å². The summed E-state index contributed by atoms with van der Waals surface area (Å²) in [5.41, 5.74) is 5.45. The van der Waals surface area contributed by atoms with Crippen molar-refractivity contribution in [3.05, 3.63) is 132 Å². The maximum atomic E-state index is 10.6. The highest BCUT2D eigenvalue weighted by molar-refractivity contribution is 5.50. The summed E-state index contributed by atoms with van der Waals surface area (Å²) < 4.78 is 11.2. The van der Waals surface area contributed by atoms with E-state index in [4.69, 9.17) is 9.47 Å². The average molecular weight is 553 g/mol. The molecular formula is C35H40N2O4. The Morgan fingerprint density at radius 2 is 1.34 bits per heavy atom. The number of benzene rings is 3. The lowest BCUT2D eigenvalue weighted by Crippen LogP contribution is -2.20. The minimum absolute atomic E-state index is 0.242. The Morgan fingerprint density at radius 1 is 0.756 bits per heavy atom. The molecule has 4 N–H and O–H groups in total. The molecule has 4 rings (SSSR count). The van der Waals surface area contributed by atoms with Gasteiger partial charge in [-0.2, -0.15) is 0 Å². The van der Waals surface area contributed by atoms with E-state index in [1.807, 2.05) is 54.6 Å². The fourth-order valence-corrected chi connectivity index (χ4v) is 4.68. The maximum Gasteiger partial charge on any atom is 0.120 e. The van der Waals surface area contributed by atoms with Crippen molar-refractivity contribution in [1.82, 2.24) is 5.32 Å². The molecule has 214 valence electrons. The van der Waals surface area contributed by atoms with Crippen LogP contribution in [0.2, 0.25) is 0 Å². The van der Waals surface area contributed by atoms with E-state index in [0.717, 1.165) is 58.0 Å². The molecule has 6 nitrogen and oxygen atoms in total. The molecule has 0 aromatic heterocycles. The number of rotatable bonds is 14. The molecule has 6 heteroatoms. The number of hydrogen-bond acceptors (Lipinski definition) is 6. The molecule has 0 atom stereocenters. The second-order valence-corrected chi connectivity index (χ2v) is 10.6. The van der Waals surface area contributed by atoms with Gasteiger partial charge in [-0.3, -0.25) is 0 Å². The first-order chi connectivity index (χ1) is 19.8. The van der Waals surface area contributed by atoms with Crippen molar-refractivity contribution in [3.63, 3.8) is 0 Å². The van der Waals surface area contributed by atoms with Gasteiger partial charge in [-0.1, -0.05) is 51.3 Å². The van der Waals surface area contributed by atoms with Gasteiger partial charge in [0.25, 0.3) is 0 Å². The molecule has 0 saturated carbocycles. The van der Waals surface area contributed by atoms with Gasteiger partial charge in [0, 0.05) is 47.4 Å². The van der Waals surface area contributed by atoms with E-state index in [1.165, 1.54) is 0 Å². The molecule has 0 radical (unpaired) electrons. The zero-order valence-corrected chi connectivity index (χ0v) is 24.0. The first-order valence-corrected chi connectivity index (χ1v) is 13.9. The molecular weight excluding hydrogens is 512 g/mol. The van der Waals surface area contributed by atoms with Crippen LogP contribution in [0.15, 0.2) is 110 Å². The third-order valence-corrected chi connectivity index (χ3v) is 7.31. The summed E-state index contributed by atoms with van der Waals surface area (Å²) in [6, 6.07) is 19.2. The van der Waals surface area contributed by atoms with Crippen LogP contribution in [-0.4, -0.2) is 23.4 Å².